The largest absolute Gasteiger partial charge is 0.655 e. The van der Waals surface area contributed by atoms with Crippen LogP contribution in [0.25, 0.3) is 5.32 Å². The summed E-state index contributed by atoms with van der Waals surface area (Å²) in [5.74, 6) is -0.112. The van der Waals surface area contributed by atoms with Crippen LogP contribution in [0.3, 0.4) is 0 Å². The van der Waals surface area contributed by atoms with Gasteiger partial charge in [-0.1, -0.05) is 17.7 Å². The third-order valence-corrected chi connectivity index (χ3v) is 1.77. The fourth-order valence-electron chi connectivity index (χ4n) is 1.22. The van der Waals surface area contributed by atoms with Crippen LogP contribution in [0.2, 0.25) is 0 Å². The monoisotopic (exact) mass is 136 g/mol. The number of hydrogen-bond donors (Lipinski definition) is 0. The summed E-state index contributed by atoms with van der Waals surface area (Å²) in [6.07, 6.45) is 0. The Bertz CT molecular complexity index is 257. The lowest BCUT2D eigenvalue weighted by atomic mass is 10.1. The molecule has 0 radical (unpaired) electrons. The van der Waals surface area contributed by atoms with Crippen molar-refractivity contribution in [3.8, 4) is 0 Å². The Labute approximate surface area is 58.9 Å². The summed E-state index contributed by atoms with van der Waals surface area (Å²) >= 11 is 0. The van der Waals surface area contributed by atoms with Crippen LogP contribution in [-0.4, -0.2) is 0 Å². The number of rotatable bonds is 0. The Morgan fingerprint density at radius 1 is 1.30 bits per heavy atom. The standard InChI is InChI=1S/C8H7FN/c9-8-3-1-2-6-4-10-5-7(6)8/h1-3H,4-5H2/q-1. The van der Waals surface area contributed by atoms with Gasteiger partial charge in [0, 0.05) is 0 Å². The van der Waals surface area contributed by atoms with E-state index in [1.807, 2.05) is 6.07 Å². The van der Waals surface area contributed by atoms with Crippen molar-refractivity contribution in [2.75, 3.05) is 0 Å². The van der Waals surface area contributed by atoms with E-state index in [0.29, 0.717) is 13.1 Å². The van der Waals surface area contributed by atoms with Gasteiger partial charge in [0.05, 0.1) is 0 Å². The second-order valence-electron chi connectivity index (χ2n) is 2.42. The van der Waals surface area contributed by atoms with Crippen LogP contribution in [-0.2, 0) is 13.1 Å². The molecule has 0 spiro atoms. The molecule has 0 N–H and O–H groups in total. The molecule has 1 aromatic rings. The van der Waals surface area contributed by atoms with E-state index in [2.05, 4.69) is 5.32 Å². The Kier molecular flexibility index (Phi) is 1.21. The van der Waals surface area contributed by atoms with E-state index in [4.69, 9.17) is 0 Å². The zero-order valence-corrected chi connectivity index (χ0v) is 5.47. The Morgan fingerprint density at radius 3 is 3.00 bits per heavy atom. The first kappa shape index (κ1) is 5.86. The molecular weight excluding hydrogens is 129 g/mol. The van der Waals surface area contributed by atoms with Crippen molar-refractivity contribution in [3.63, 3.8) is 0 Å². The summed E-state index contributed by atoms with van der Waals surface area (Å²) in [4.78, 5) is 0. The van der Waals surface area contributed by atoms with E-state index in [0.717, 1.165) is 11.1 Å². The van der Waals surface area contributed by atoms with Gasteiger partial charge in [0.25, 0.3) is 0 Å². The van der Waals surface area contributed by atoms with E-state index < -0.39 is 0 Å². The second-order valence-corrected chi connectivity index (χ2v) is 2.42. The van der Waals surface area contributed by atoms with E-state index in [1.165, 1.54) is 6.07 Å². The lowest BCUT2D eigenvalue weighted by Crippen LogP contribution is -1.85. The van der Waals surface area contributed by atoms with E-state index in [1.54, 1.807) is 6.07 Å². The first-order valence-electron chi connectivity index (χ1n) is 3.27. The van der Waals surface area contributed by atoms with Crippen LogP contribution in [0, 0.1) is 5.82 Å². The number of nitrogens with zero attached hydrogens (tertiary/aromatic N) is 1. The van der Waals surface area contributed by atoms with Gasteiger partial charge in [0.1, 0.15) is 5.82 Å². The molecule has 0 aromatic heterocycles. The molecule has 1 nitrogen and oxygen atoms in total. The maximum absolute atomic E-state index is 12.8. The molecule has 0 atom stereocenters. The van der Waals surface area contributed by atoms with Gasteiger partial charge >= 0.3 is 0 Å². The smallest absolute Gasteiger partial charge is 0.124 e. The van der Waals surface area contributed by atoms with Gasteiger partial charge in [-0.15, -0.1) is 13.1 Å². The molecule has 0 saturated heterocycles. The van der Waals surface area contributed by atoms with E-state index in [-0.39, 0.29) is 5.82 Å². The van der Waals surface area contributed by atoms with Crippen molar-refractivity contribution >= 4 is 0 Å². The zero-order chi connectivity index (χ0) is 6.97. The molecule has 1 aliphatic heterocycles. The van der Waals surface area contributed by atoms with Crippen molar-refractivity contribution in [1.29, 1.82) is 0 Å². The van der Waals surface area contributed by atoms with Gasteiger partial charge in [-0.2, -0.15) is 0 Å². The van der Waals surface area contributed by atoms with Crippen molar-refractivity contribution in [1.82, 2.24) is 0 Å². The topological polar surface area (TPSA) is 14.1 Å². The minimum Gasteiger partial charge on any atom is -0.655 e. The minimum atomic E-state index is -0.112. The normalized spacial score (nSPS) is 15.3. The van der Waals surface area contributed by atoms with Crippen LogP contribution in [0.15, 0.2) is 18.2 Å². The van der Waals surface area contributed by atoms with E-state index in [9.17, 15) is 4.39 Å². The molecule has 10 heavy (non-hydrogen) atoms. The highest BCUT2D eigenvalue weighted by Gasteiger charge is 2.05. The SMILES string of the molecule is Fc1cccc2c1C[N-]C2. The van der Waals surface area contributed by atoms with Gasteiger partial charge in [0.2, 0.25) is 0 Å². The summed E-state index contributed by atoms with van der Waals surface area (Å²) in [7, 11) is 0. The van der Waals surface area contributed by atoms with Crippen molar-refractivity contribution in [2.24, 2.45) is 0 Å². The fraction of sp³-hybridized carbons (Fsp3) is 0.250. The predicted molar refractivity (Wildman–Crippen MR) is 37.2 cm³/mol. The molecule has 1 heterocycles. The Balaban J connectivity index is 2.59. The summed E-state index contributed by atoms with van der Waals surface area (Å²) in [5.41, 5.74) is 1.82. The first-order chi connectivity index (χ1) is 4.88. The van der Waals surface area contributed by atoms with Crippen LogP contribution >= 0.6 is 0 Å². The molecule has 0 unspecified atom stereocenters. The lowest BCUT2D eigenvalue weighted by molar-refractivity contribution is 0.615. The lowest BCUT2D eigenvalue weighted by Gasteiger charge is -2.02. The fourth-order valence-corrected chi connectivity index (χ4v) is 1.22. The molecular formula is C8H7FN-. The Morgan fingerprint density at radius 2 is 2.20 bits per heavy atom. The molecule has 52 valence electrons. The van der Waals surface area contributed by atoms with Crippen LogP contribution < -0.4 is 0 Å². The van der Waals surface area contributed by atoms with Crippen molar-refractivity contribution in [2.45, 2.75) is 13.1 Å². The van der Waals surface area contributed by atoms with Crippen LogP contribution in [0.4, 0.5) is 4.39 Å². The molecule has 1 aromatic carbocycles. The zero-order valence-electron chi connectivity index (χ0n) is 5.47. The predicted octanol–water partition coefficient (Wildman–Crippen LogP) is 2.21. The molecule has 2 heteroatoms. The average molecular weight is 136 g/mol. The molecule has 2 rings (SSSR count). The first-order valence-corrected chi connectivity index (χ1v) is 3.27. The van der Waals surface area contributed by atoms with Gasteiger partial charge in [0.15, 0.2) is 0 Å². The van der Waals surface area contributed by atoms with Gasteiger partial charge in [-0.25, -0.2) is 4.39 Å². The molecule has 1 aliphatic rings. The Hall–Kier alpha value is -0.890. The van der Waals surface area contributed by atoms with Crippen LogP contribution in [0.5, 0.6) is 0 Å². The van der Waals surface area contributed by atoms with Crippen LogP contribution in [0.1, 0.15) is 11.1 Å². The number of hydrogen-bond acceptors (Lipinski definition) is 0. The molecule has 0 bridgehead atoms. The minimum absolute atomic E-state index is 0.112. The summed E-state index contributed by atoms with van der Waals surface area (Å²) in [6.45, 7) is 1.25. The third-order valence-electron chi connectivity index (χ3n) is 1.77. The van der Waals surface area contributed by atoms with Gasteiger partial charge in [-0.3, -0.25) is 0 Å². The van der Waals surface area contributed by atoms with Crippen molar-refractivity contribution in [3.05, 3.63) is 40.5 Å². The molecule has 0 saturated carbocycles. The maximum atomic E-state index is 12.8. The number of fused-ring (bicyclic) bond motifs is 1. The second kappa shape index (κ2) is 2.06. The summed E-state index contributed by atoms with van der Waals surface area (Å²) in [6, 6.07) is 5.14. The summed E-state index contributed by atoms with van der Waals surface area (Å²) < 4.78 is 12.8. The quantitative estimate of drug-likeness (QED) is 0.519. The molecule has 0 amide bonds. The highest BCUT2D eigenvalue weighted by molar-refractivity contribution is 5.36. The number of benzene rings is 1. The van der Waals surface area contributed by atoms with Crippen molar-refractivity contribution < 1.29 is 4.39 Å². The number of halogens is 1. The average Bonchev–Trinajstić information content (AvgIpc) is 2.36. The molecule has 0 fully saturated rings. The summed E-state index contributed by atoms with van der Waals surface area (Å²) in [5, 5.41) is 4.07. The highest BCUT2D eigenvalue weighted by atomic mass is 19.1. The van der Waals surface area contributed by atoms with E-state index >= 15 is 0 Å². The van der Waals surface area contributed by atoms with Gasteiger partial charge in [-0.05, 0) is 11.6 Å². The highest BCUT2D eigenvalue weighted by Crippen LogP contribution is 2.25. The molecule has 0 aliphatic carbocycles. The maximum Gasteiger partial charge on any atom is 0.124 e. The van der Waals surface area contributed by atoms with Gasteiger partial charge < -0.3 is 5.32 Å². The third kappa shape index (κ3) is 0.727.